The molecule has 20 heavy (non-hydrogen) atoms. The summed E-state index contributed by atoms with van der Waals surface area (Å²) in [5.41, 5.74) is 0.400. The van der Waals surface area contributed by atoms with E-state index >= 15 is 0 Å². The van der Waals surface area contributed by atoms with Gasteiger partial charge in [0.15, 0.2) is 6.54 Å². The molecule has 2 aliphatic heterocycles. The highest BCUT2D eigenvalue weighted by Crippen LogP contribution is 2.21. The number of carbonyl (C=O) groups is 1. The van der Waals surface area contributed by atoms with Crippen LogP contribution in [0, 0.1) is 0 Å². The maximum atomic E-state index is 12.2. The fourth-order valence-corrected chi connectivity index (χ4v) is 3.96. The van der Waals surface area contributed by atoms with Crippen LogP contribution in [0.15, 0.2) is 0 Å². The number of hydrogen-bond acceptors (Lipinski definition) is 2. The smallest absolute Gasteiger partial charge is 0.275 e. The zero-order chi connectivity index (χ0) is 14.8. The summed E-state index contributed by atoms with van der Waals surface area (Å²) in [5.74, 6) is 0.195. The minimum Gasteiger partial charge on any atom is -0.370 e. The Bertz CT molecular complexity index is 333. The second kappa shape index (κ2) is 6.00. The number of ether oxygens (including phenoxy) is 1. The summed E-state index contributed by atoms with van der Waals surface area (Å²) in [4.78, 5) is 13.6. The highest BCUT2D eigenvalue weighted by molar-refractivity contribution is 5.77. The van der Waals surface area contributed by atoms with Crippen molar-refractivity contribution in [2.75, 3.05) is 32.8 Å². The quantitative estimate of drug-likeness (QED) is 0.579. The fraction of sp³-hybridized carbons (Fsp3) is 0.933. The van der Waals surface area contributed by atoms with Gasteiger partial charge in [-0.1, -0.05) is 0 Å². The third kappa shape index (κ3) is 4.72. The number of nitrogens with one attached hydrogen (secondary N) is 2. The Morgan fingerprint density at radius 1 is 1.20 bits per heavy atom. The Labute approximate surface area is 122 Å². The van der Waals surface area contributed by atoms with Gasteiger partial charge in [0.1, 0.15) is 13.1 Å². The number of hydrogen-bond donors (Lipinski definition) is 3. The monoisotopic (exact) mass is 285 g/mol. The van der Waals surface area contributed by atoms with Crippen LogP contribution in [0.5, 0.6) is 0 Å². The van der Waals surface area contributed by atoms with Crippen LogP contribution in [0.25, 0.3) is 0 Å². The van der Waals surface area contributed by atoms with Gasteiger partial charge in [0.2, 0.25) is 0 Å². The largest absolute Gasteiger partial charge is 0.370 e. The highest BCUT2D eigenvalue weighted by Gasteiger charge is 2.42. The molecule has 1 amide bonds. The van der Waals surface area contributed by atoms with Crippen molar-refractivity contribution in [1.29, 1.82) is 0 Å². The number of carbonyl (C=O) groups excluding carboxylic acids is 1. The first kappa shape index (κ1) is 15.7. The maximum absolute atomic E-state index is 12.2. The van der Waals surface area contributed by atoms with Crippen molar-refractivity contribution in [2.45, 2.75) is 57.7 Å². The molecule has 0 aromatic heterocycles. The van der Waals surface area contributed by atoms with Gasteiger partial charge in [-0.2, -0.15) is 0 Å². The van der Waals surface area contributed by atoms with E-state index in [0.717, 1.165) is 39.1 Å². The lowest BCUT2D eigenvalue weighted by Crippen LogP contribution is -3.15. The first-order chi connectivity index (χ1) is 9.26. The molecule has 0 saturated carbocycles. The molecule has 0 atom stereocenters. The van der Waals surface area contributed by atoms with E-state index in [4.69, 9.17) is 4.74 Å². The normalized spacial score (nSPS) is 27.2. The summed E-state index contributed by atoms with van der Waals surface area (Å²) in [6.07, 6.45) is 2.08. The summed E-state index contributed by atoms with van der Waals surface area (Å²) < 4.78 is 5.33. The van der Waals surface area contributed by atoms with E-state index in [0.29, 0.717) is 12.6 Å². The van der Waals surface area contributed by atoms with Crippen LogP contribution < -0.4 is 15.5 Å². The Kier molecular flexibility index (Phi) is 4.72. The van der Waals surface area contributed by atoms with E-state index in [-0.39, 0.29) is 17.0 Å². The number of morpholine rings is 1. The average molecular weight is 285 g/mol. The Balaban J connectivity index is 1.83. The molecule has 2 rings (SSSR count). The summed E-state index contributed by atoms with van der Waals surface area (Å²) >= 11 is 0. The van der Waals surface area contributed by atoms with Crippen molar-refractivity contribution in [1.82, 2.24) is 5.32 Å². The Morgan fingerprint density at radius 2 is 1.75 bits per heavy atom. The lowest BCUT2D eigenvalue weighted by atomic mass is 9.79. The van der Waals surface area contributed by atoms with Crippen molar-refractivity contribution in [2.24, 2.45) is 0 Å². The molecule has 5 heteroatoms. The molecular weight excluding hydrogens is 254 g/mol. The van der Waals surface area contributed by atoms with Crippen LogP contribution in [-0.2, 0) is 9.53 Å². The van der Waals surface area contributed by atoms with Gasteiger partial charge in [-0.3, -0.25) is 4.79 Å². The average Bonchev–Trinajstić information content (AvgIpc) is 2.25. The van der Waals surface area contributed by atoms with Gasteiger partial charge in [-0.05, 0) is 27.7 Å². The van der Waals surface area contributed by atoms with E-state index in [9.17, 15) is 4.79 Å². The highest BCUT2D eigenvalue weighted by atomic mass is 16.5. The minimum atomic E-state index is 0.195. The van der Waals surface area contributed by atoms with Gasteiger partial charge in [0.05, 0.1) is 24.3 Å². The molecule has 0 unspecified atom stereocenters. The molecule has 0 aromatic rings. The standard InChI is InChI=1S/C15H29N3O2/c1-14(2)9-12(10-15(3,4)17-14)16-13(19)11-18-5-7-20-8-6-18/h12,17H,5-11H2,1-4H3,(H,16,19)/p+2. The Morgan fingerprint density at radius 3 is 2.30 bits per heavy atom. The topological polar surface area (TPSA) is 59.4 Å². The molecule has 0 aliphatic carbocycles. The van der Waals surface area contributed by atoms with Gasteiger partial charge in [0.25, 0.3) is 5.91 Å². The maximum Gasteiger partial charge on any atom is 0.275 e. The second-order valence-corrected chi connectivity index (χ2v) is 7.83. The van der Waals surface area contributed by atoms with Crippen LogP contribution >= 0.6 is 0 Å². The lowest BCUT2D eigenvalue weighted by Gasteiger charge is -2.43. The van der Waals surface area contributed by atoms with Crippen molar-refractivity contribution < 1.29 is 19.7 Å². The van der Waals surface area contributed by atoms with Gasteiger partial charge >= 0.3 is 0 Å². The minimum absolute atomic E-state index is 0.195. The van der Waals surface area contributed by atoms with E-state index < -0.39 is 0 Å². The number of piperidine rings is 1. The van der Waals surface area contributed by atoms with Gasteiger partial charge in [-0.25, -0.2) is 0 Å². The van der Waals surface area contributed by atoms with E-state index in [1.54, 1.807) is 0 Å². The van der Waals surface area contributed by atoms with Crippen molar-refractivity contribution >= 4 is 5.91 Å². The van der Waals surface area contributed by atoms with Crippen LogP contribution in [0.3, 0.4) is 0 Å². The van der Waals surface area contributed by atoms with Crippen LogP contribution in [-0.4, -0.2) is 55.9 Å². The second-order valence-electron chi connectivity index (χ2n) is 7.83. The Hall–Kier alpha value is -0.650. The molecule has 0 aromatic carbocycles. The SMILES string of the molecule is CC1(C)CC(NC(=O)C[NH+]2CCOCC2)CC(C)(C)[NH2+]1. The summed E-state index contributed by atoms with van der Waals surface area (Å²) in [5, 5.41) is 5.70. The molecule has 5 nitrogen and oxygen atoms in total. The molecular formula is C15H31N3O2+2. The van der Waals surface area contributed by atoms with E-state index in [2.05, 4.69) is 38.3 Å². The summed E-state index contributed by atoms with van der Waals surface area (Å²) in [7, 11) is 0. The molecule has 0 bridgehead atoms. The van der Waals surface area contributed by atoms with Crippen molar-refractivity contribution in [3.8, 4) is 0 Å². The predicted octanol–water partition coefficient (Wildman–Crippen LogP) is -1.70. The van der Waals surface area contributed by atoms with Gasteiger partial charge in [-0.15, -0.1) is 0 Å². The first-order valence-corrected chi connectivity index (χ1v) is 7.84. The van der Waals surface area contributed by atoms with Crippen molar-refractivity contribution in [3.05, 3.63) is 0 Å². The number of quaternary nitrogens is 2. The predicted molar refractivity (Wildman–Crippen MR) is 77.6 cm³/mol. The van der Waals surface area contributed by atoms with Crippen molar-refractivity contribution in [3.63, 3.8) is 0 Å². The lowest BCUT2D eigenvalue weighted by molar-refractivity contribution is -0.900. The molecule has 2 saturated heterocycles. The van der Waals surface area contributed by atoms with Crippen LogP contribution in [0.4, 0.5) is 0 Å². The first-order valence-electron chi connectivity index (χ1n) is 7.84. The zero-order valence-electron chi connectivity index (χ0n) is 13.4. The third-order valence-corrected chi connectivity index (χ3v) is 4.30. The van der Waals surface area contributed by atoms with Gasteiger partial charge < -0.3 is 20.3 Å². The summed E-state index contributed by atoms with van der Waals surface area (Å²) in [6.45, 7) is 13.1. The zero-order valence-corrected chi connectivity index (χ0v) is 13.4. The molecule has 116 valence electrons. The molecule has 2 fully saturated rings. The molecule has 0 radical (unpaired) electrons. The van der Waals surface area contributed by atoms with Gasteiger partial charge in [0, 0.05) is 18.9 Å². The summed E-state index contributed by atoms with van der Waals surface area (Å²) in [6, 6.07) is 0.304. The van der Waals surface area contributed by atoms with Crippen LogP contribution in [0.2, 0.25) is 0 Å². The van der Waals surface area contributed by atoms with E-state index in [1.807, 2.05) is 0 Å². The van der Waals surface area contributed by atoms with Crippen LogP contribution in [0.1, 0.15) is 40.5 Å². The fourth-order valence-electron chi connectivity index (χ4n) is 3.96. The molecule has 2 aliphatic rings. The third-order valence-electron chi connectivity index (χ3n) is 4.30. The number of rotatable bonds is 3. The number of amides is 1. The molecule has 2 heterocycles. The number of nitrogens with two attached hydrogens (primary N) is 1. The molecule has 4 N–H and O–H groups in total. The van der Waals surface area contributed by atoms with E-state index in [1.165, 1.54) is 4.90 Å². The molecule has 0 spiro atoms.